The van der Waals surface area contributed by atoms with E-state index in [1.807, 2.05) is 18.2 Å². The minimum Gasteiger partial charge on any atom is -0.497 e. The van der Waals surface area contributed by atoms with E-state index >= 15 is 0 Å². The number of halogens is 2. The van der Waals surface area contributed by atoms with Crippen LogP contribution in [0.4, 0.5) is 8.78 Å². The second-order valence-corrected chi connectivity index (χ2v) is 6.46. The molecular weight excluding hydrogens is 308 g/mol. The molecule has 128 valence electrons. The van der Waals surface area contributed by atoms with E-state index in [1.165, 1.54) is 12.1 Å². The van der Waals surface area contributed by atoms with Crippen LogP contribution in [0.3, 0.4) is 0 Å². The van der Waals surface area contributed by atoms with Crippen molar-refractivity contribution in [1.29, 1.82) is 0 Å². The van der Waals surface area contributed by atoms with Crippen molar-refractivity contribution in [3.63, 3.8) is 0 Å². The van der Waals surface area contributed by atoms with Gasteiger partial charge in [-0.25, -0.2) is 8.78 Å². The molecule has 3 rings (SSSR count). The van der Waals surface area contributed by atoms with Crippen LogP contribution in [0.2, 0.25) is 0 Å². The number of aryl methyl sites for hydroxylation is 2. The van der Waals surface area contributed by atoms with Crippen LogP contribution in [0.1, 0.15) is 47.9 Å². The Morgan fingerprint density at radius 3 is 2.42 bits per heavy atom. The Morgan fingerprint density at radius 2 is 1.75 bits per heavy atom. The van der Waals surface area contributed by atoms with Crippen LogP contribution in [0, 0.1) is 11.6 Å². The molecule has 1 aliphatic rings. The zero-order valence-corrected chi connectivity index (χ0v) is 14.1. The molecule has 2 unspecified atom stereocenters. The standard InChI is InChI=1S/C20H23F2NO/c1-3-4-19(23)20-15-8-7-14(24-2)9-12(15)5-6-13-10-17(21)18(22)11-16(13)20/h7-11,19-20H,3-6,23H2,1-2H3. The van der Waals surface area contributed by atoms with E-state index < -0.39 is 11.6 Å². The molecule has 0 fully saturated rings. The van der Waals surface area contributed by atoms with Gasteiger partial charge in [0.25, 0.3) is 0 Å². The molecule has 0 heterocycles. The molecule has 24 heavy (non-hydrogen) atoms. The summed E-state index contributed by atoms with van der Waals surface area (Å²) in [5, 5.41) is 0. The average molecular weight is 331 g/mol. The first-order chi connectivity index (χ1) is 11.5. The molecule has 0 saturated carbocycles. The second kappa shape index (κ2) is 6.89. The second-order valence-electron chi connectivity index (χ2n) is 6.46. The van der Waals surface area contributed by atoms with Gasteiger partial charge in [0.2, 0.25) is 0 Å². The summed E-state index contributed by atoms with van der Waals surface area (Å²) >= 11 is 0. The van der Waals surface area contributed by atoms with Gasteiger partial charge in [-0.05, 0) is 65.8 Å². The minimum absolute atomic E-state index is 0.126. The van der Waals surface area contributed by atoms with Gasteiger partial charge in [-0.15, -0.1) is 0 Å². The van der Waals surface area contributed by atoms with Crippen molar-refractivity contribution in [2.45, 2.75) is 44.6 Å². The zero-order chi connectivity index (χ0) is 17.3. The molecule has 4 heteroatoms. The van der Waals surface area contributed by atoms with Gasteiger partial charge in [0, 0.05) is 12.0 Å². The first kappa shape index (κ1) is 16.9. The van der Waals surface area contributed by atoms with E-state index in [-0.39, 0.29) is 12.0 Å². The molecule has 0 aromatic heterocycles. The van der Waals surface area contributed by atoms with Crippen LogP contribution in [0.5, 0.6) is 5.75 Å². The SMILES string of the molecule is CCCC(N)C1c2ccc(OC)cc2CCc2cc(F)c(F)cc21. The highest BCUT2D eigenvalue weighted by Gasteiger charge is 2.29. The van der Waals surface area contributed by atoms with Gasteiger partial charge in [-0.2, -0.15) is 0 Å². The molecule has 0 saturated heterocycles. The predicted molar refractivity (Wildman–Crippen MR) is 91.5 cm³/mol. The Morgan fingerprint density at radius 1 is 1.08 bits per heavy atom. The van der Waals surface area contributed by atoms with Crippen molar-refractivity contribution in [3.8, 4) is 5.75 Å². The highest BCUT2D eigenvalue weighted by atomic mass is 19.2. The van der Waals surface area contributed by atoms with Crippen molar-refractivity contribution >= 4 is 0 Å². The molecule has 1 aliphatic carbocycles. The van der Waals surface area contributed by atoms with E-state index in [0.29, 0.717) is 6.42 Å². The summed E-state index contributed by atoms with van der Waals surface area (Å²) in [5.74, 6) is -0.933. The summed E-state index contributed by atoms with van der Waals surface area (Å²) < 4.78 is 33.0. The normalized spacial score (nSPS) is 17.6. The first-order valence-corrected chi connectivity index (χ1v) is 8.45. The number of hydrogen-bond donors (Lipinski definition) is 1. The number of rotatable bonds is 4. The lowest BCUT2D eigenvalue weighted by Gasteiger charge is -2.27. The van der Waals surface area contributed by atoms with Crippen molar-refractivity contribution in [2.75, 3.05) is 7.11 Å². The van der Waals surface area contributed by atoms with Crippen LogP contribution >= 0.6 is 0 Å². The van der Waals surface area contributed by atoms with Crippen molar-refractivity contribution < 1.29 is 13.5 Å². The minimum atomic E-state index is -0.806. The molecule has 2 N–H and O–H groups in total. The summed E-state index contributed by atoms with van der Waals surface area (Å²) in [6.07, 6.45) is 3.21. The molecular formula is C20H23F2NO. The fraction of sp³-hybridized carbons (Fsp3) is 0.400. The monoisotopic (exact) mass is 331 g/mol. The molecule has 2 nitrogen and oxygen atoms in total. The lowest BCUT2D eigenvalue weighted by molar-refractivity contribution is 0.414. The molecule has 2 aromatic carbocycles. The maximum atomic E-state index is 13.9. The molecule has 0 bridgehead atoms. The van der Waals surface area contributed by atoms with Gasteiger partial charge >= 0.3 is 0 Å². The number of nitrogens with two attached hydrogens (primary N) is 1. The summed E-state index contributed by atoms with van der Waals surface area (Å²) in [6, 6.07) is 8.48. The van der Waals surface area contributed by atoms with Crippen molar-refractivity contribution in [3.05, 3.63) is 64.2 Å². The largest absolute Gasteiger partial charge is 0.497 e. The fourth-order valence-corrected chi connectivity index (χ4v) is 3.74. The van der Waals surface area contributed by atoms with Gasteiger partial charge < -0.3 is 10.5 Å². The summed E-state index contributed by atoms with van der Waals surface area (Å²) in [6.45, 7) is 2.08. The van der Waals surface area contributed by atoms with Crippen molar-refractivity contribution in [2.24, 2.45) is 5.73 Å². The van der Waals surface area contributed by atoms with Crippen molar-refractivity contribution in [1.82, 2.24) is 0 Å². The molecule has 0 spiro atoms. The Labute approximate surface area is 141 Å². The first-order valence-electron chi connectivity index (χ1n) is 8.45. The molecule has 2 atom stereocenters. The third-order valence-electron chi connectivity index (χ3n) is 4.92. The molecule has 0 aliphatic heterocycles. The number of hydrogen-bond acceptors (Lipinski definition) is 2. The predicted octanol–water partition coefficient (Wildman–Crippen LogP) is 4.33. The highest BCUT2D eigenvalue weighted by Crippen LogP contribution is 2.39. The van der Waals surface area contributed by atoms with Crippen LogP contribution in [-0.4, -0.2) is 13.2 Å². The maximum absolute atomic E-state index is 13.9. The summed E-state index contributed by atoms with van der Waals surface area (Å²) in [7, 11) is 1.64. The smallest absolute Gasteiger partial charge is 0.159 e. The Kier molecular flexibility index (Phi) is 4.86. The maximum Gasteiger partial charge on any atom is 0.159 e. The Hall–Kier alpha value is -1.94. The van der Waals surface area contributed by atoms with E-state index in [9.17, 15) is 8.78 Å². The summed E-state index contributed by atoms with van der Waals surface area (Å²) in [5.41, 5.74) is 10.4. The van der Waals surface area contributed by atoms with Gasteiger partial charge in [-0.1, -0.05) is 19.4 Å². The van der Waals surface area contributed by atoms with E-state index in [0.717, 1.165) is 47.3 Å². The number of methoxy groups -OCH3 is 1. The Bertz CT molecular complexity index is 745. The summed E-state index contributed by atoms with van der Waals surface area (Å²) in [4.78, 5) is 0. The van der Waals surface area contributed by atoms with Crippen LogP contribution in [0.15, 0.2) is 30.3 Å². The number of fused-ring (bicyclic) bond motifs is 2. The average Bonchev–Trinajstić information content (AvgIpc) is 2.72. The molecule has 0 amide bonds. The van der Waals surface area contributed by atoms with Gasteiger partial charge in [0.05, 0.1) is 7.11 Å². The van der Waals surface area contributed by atoms with Gasteiger partial charge in [0.15, 0.2) is 11.6 Å². The lowest BCUT2D eigenvalue weighted by atomic mass is 9.81. The van der Waals surface area contributed by atoms with Gasteiger partial charge in [0.1, 0.15) is 5.75 Å². The third-order valence-corrected chi connectivity index (χ3v) is 4.92. The highest BCUT2D eigenvalue weighted by molar-refractivity contribution is 5.48. The molecule has 2 aromatic rings. The topological polar surface area (TPSA) is 35.2 Å². The fourth-order valence-electron chi connectivity index (χ4n) is 3.74. The van der Waals surface area contributed by atoms with E-state index in [1.54, 1.807) is 7.11 Å². The zero-order valence-electron chi connectivity index (χ0n) is 14.1. The number of benzene rings is 2. The van der Waals surface area contributed by atoms with E-state index in [4.69, 9.17) is 10.5 Å². The number of ether oxygens (including phenoxy) is 1. The van der Waals surface area contributed by atoms with Crippen LogP contribution in [0.25, 0.3) is 0 Å². The van der Waals surface area contributed by atoms with Crippen LogP contribution in [-0.2, 0) is 12.8 Å². The van der Waals surface area contributed by atoms with Crippen LogP contribution < -0.4 is 10.5 Å². The lowest BCUT2D eigenvalue weighted by Crippen LogP contribution is -2.30. The quantitative estimate of drug-likeness (QED) is 0.905. The Balaban J connectivity index is 2.18. The molecule has 0 radical (unpaired) electrons. The van der Waals surface area contributed by atoms with E-state index in [2.05, 4.69) is 6.92 Å². The van der Waals surface area contributed by atoms with Gasteiger partial charge in [-0.3, -0.25) is 0 Å². The third kappa shape index (κ3) is 3.03.